The SMILES string of the molecule is Cn1c(CCc2ccc(C(=N)N)cc2)nc2cc(N(Cc3cccc4ccccc34)C(=O)CCc3ccccn3)ccc21. The number of benzene rings is 4. The van der Waals surface area contributed by atoms with Gasteiger partial charge in [0, 0.05) is 43.0 Å². The van der Waals surface area contributed by atoms with E-state index in [0.717, 1.165) is 68.5 Å². The standard InChI is InChI=1S/C36H34N6O/c1-41-33-19-18-30(23-32(33)40-34(41)20-14-25-12-15-27(16-13-25)36(37)38)42(35(43)21-17-29-10-4-5-22-39-29)24-28-9-6-8-26-7-2-3-11-31(26)28/h2-13,15-16,18-19,22-23H,14,17,20-21,24H2,1H3,(H3,37,38). The Kier molecular flexibility index (Phi) is 7.96. The molecule has 6 rings (SSSR count). The molecule has 7 heteroatoms. The van der Waals surface area contributed by atoms with E-state index in [1.807, 2.05) is 78.7 Å². The fraction of sp³-hybridized carbons (Fsp3) is 0.167. The molecule has 43 heavy (non-hydrogen) atoms. The van der Waals surface area contributed by atoms with Crippen LogP contribution >= 0.6 is 0 Å². The summed E-state index contributed by atoms with van der Waals surface area (Å²) in [6.45, 7) is 0.462. The van der Waals surface area contributed by atoms with Crippen molar-refractivity contribution in [1.29, 1.82) is 5.41 Å². The predicted octanol–water partition coefficient (Wildman–Crippen LogP) is 6.36. The largest absolute Gasteiger partial charge is 0.384 e. The number of amides is 1. The number of carbonyl (C=O) groups is 1. The summed E-state index contributed by atoms with van der Waals surface area (Å²) >= 11 is 0. The number of aromatic nitrogens is 3. The van der Waals surface area contributed by atoms with E-state index < -0.39 is 0 Å². The molecule has 3 N–H and O–H groups in total. The number of aryl methyl sites for hydroxylation is 4. The van der Waals surface area contributed by atoms with Crippen molar-refractivity contribution < 1.29 is 4.79 Å². The zero-order valence-corrected chi connectivity index (χ0v) is 24.2. The Balaban J connectivity index is 1.29. The molecular formula is C36H34N6O. The van der Waals surface area contributed by atoms with Crippen molar-refractivity contribution in [3.63, 3.8) is 0 Å². The minimum atomic E-state index is 0.0445. The van der Waals surface area contributed by atoms with Crippen LogP contribution < -0.4 is 10.6 Å². The maximum absolute atomic E-state index is 13.8. The Hall–Kier alpha value is -5.30. The second-order valence-electron chi connectivity index (χ2n) is 10.8. The molecule has 1 amide bonds. The third-order valence-corrected chi connectivity index (χ3v) is 8.00. The number of nitrogen functional groups attached to an aromatic ring is 1. The van der Waals surface area contributed by atoms with Gasteiger partial charge in [-0.1, -0.05) is 72.8 Å². The minimum Gasteiger partial charge on any atom is -0.384 e. The van der Waals surface area contributed by atoms with Crippen molar-refractivity contribution in [1.82, 2.24) is 14.5 Å². The number of nitrogens with one attached hydrogen (secondary N) is 1. The van der Waals surface area contributed by atoms with Gasteiger partial charge in [-0.2, -0.15) is 0 Å². The average Bonchev–Trinajstić information content (AvgIpc) is 3.36. The quantitative estimate of drug-likeness (QED) is 0.149. The van der Waals surface area contributed by atoms with E-state index in [1.165, 1.54) is 0 Å². The molecule has 6 aromatic rings. The number of rotatable bonds is 10. The molecule has 7 nitrogen and oxygen atoms in total. The topological polar surface area (TPSA) is 101 Å². The Labute approximate surface area is 251 Å². The monoisotopic (exact) mass is 566 g/mol. The van der Waals surface area contributed by atoms with E-state index in [-0.39, 0.29) is 11.7 Å². The summed E-state index contributed by atoms with van der Waals surface area (Å²) < 4.78 is 2.13. The first-order valence-corrected chi connectivity index (χ1v) is 14.5. The lowest BCUT2D eigenvalue weighted by atomic mass is 10.0. The minimum absolute atomic E-state index is 0.0445. The van der Waals surface area contributed by atoms with Gasteiger partial charge < -0.3 is 15.2 Å². The van der Waals surface area contributed by atoms with Gasteiger partial charge in [0.25, 0.3) is 0 Å². The summed E-state index contributed by atoms with van der Waals surface area (Å²) in [5.41, 5.74) is 12.2. The fourth-order valence-corrected chi connectivity index (χ4v) is 5.58. The zero-order valence-electron chi connectivity index (χ0n) is 24.2. The number of amidine groups is 1. The van der Waals surface area contributed by atoms with E-state index in [2.05, 4.69) is 45.9 Å². The van der Waals surface area contributed by atoms with Crippen LogP contribution in [0.4, 0.5) is 5.69 Å². The molecule has 0 fully saturated rings. The normalized spacial score (nSPS) is 11.2. The molecule has 0 aliphatic carbocycles. The van der Waals surface area contributed by atoms with Gasteiger partial charge in [-0.05, 0) is 65.1 Å². The first-order chi connectivity index (χ1) is 21.0. The van der Waals surface area contributed by atoms with Crippen LogP contribution in [-0.4, -0.2) is 26.3 Å². The Morgan fingerprint density at radius 3 is 2.47 bits per heavy atom. The highest BCUT2D eigenvalue weighted by molar-refractivity contribution is 5.97. The molecule has 0 saturated heterocycles. The molecule has 4 aromatic carbocycles. The predicted molar refractivity (Wildman–Crippen MR) is 173 cm³/mol. The van der Waals surface area contributed by atoms with Gasteiger partial charge in [-0.25, -0.2) is 4.98 Å². The smallest absolute Gasteiger partial charge is 0.227 e. The van der Waals surface area contributed by atoms with Crippen LogP contribution in [0.2, 0.25) is 0 Å². The molecule has 0 aliphatic heterocycles. The van der Waals surface area contributed by atoms with Gasteiger partial charge in [0.2, 0.25) is 5.91 Å². The number of imidazole rings is 1. The van der Waals surface area contributed by atoms with E-state index in [0.29, 0.717) is 19.4 Å². The highest BCUT2D eigenvalue weighted by Crippen LogP contribution is 2.28. The van der Waals surface area contributed by atoms with Crippen LogP contribution in [0.3, 0.4) is 0 Å². The van der Waals surface area contributed by atoms with E-state index >= 15 is 0 Å². The zero-order chi connectivity index (χ0) is 29.8. The summed E-state index contributed by atoms with van der Waals surface area (Å²) in [5.74, 6) is 1.09. The van der Waals surface area contributed by atoms with Crippen LogP contribution in [-0.2, 0) is 37.6 Å². The van der Waals surface area contributed by atoms with Gasteiger partial charge in [0.1, 0.15) is 11.7 Å². The maximum Gasteiger partial charge on any atom is 0.227 e. The van der Waals surface area contributed by atoms with Crippen LogP contribution in [0.1, 0.15) is 34.6 Å². The van der Waals surface area contributed by atoms with Crippen LogP contribution in [0.25, 0.3) is 21.8 Å². The third-order valence-electron chi connectivity index (χ3n) is 8.00. The Morgan fingerprint density at radius 2 is 1.67 bits per heavy atom. The number of pyridine rings is 1. The third kappa shape index (κ3) is 6.16. The fourth-order valence-electron chi connectivity index (χ4n) is 5.58. The number of hydrogen-bond donors (Lipinski definition) is 2. The molecule has 0 spiro atoms. The molecule has 0 atom stereocenters. The maximum atomic E-state index is 13.8. The van der Waals surface area contributed by atoms with Gasteiger partial charge in [-0.15, -0.1) is 0 Å². The van der Waals surface area contributed by atoms with Crippen molar-refractivity contribution in [2.24, 2.45) is 12.8 Å². The van der Waals surface area contributed by atoms with Gasteiger partial charge in [-0.3, -0.25) is 15.2 Å². The van der Waals surface area contributed by atoms with Crippen molar-refractivity contribution >= 4 is 39.2 Å². The molecule has 0 saturated carbocycles. The molecule has 2 aromatic heterocycles. The Bertz CT molecular complexity index is 1910. The number of nitrogens with zero attached hydrogens (tertiary/aromatic N) is 4. The summed E-state index contributed by atoms with van der Waals surface area (Å²) in [6.07, 6.45) is 4.29. The first kappa shape index (κ1) is 27.8. The summed E-state index contributed by atoms with van der Waals surface area (Å²) in [7, 11) is 2.04. The van der Waals surface area contributed by atoms with Gasteiger partial charge >= 0.3 is 0 Å². The van der Waals surface area contributed by atoms with Crippen molar-refractivity contribution in [2.45, 2.75) is 32.2 Å². The second-order valence-corrected chi connectivity index (χ2v) is 10.8. The number of carbonyl (C=O) groups excluding carboxylic acids is 1. The van der Waals surface area contributed by atoms with Gasteiger partial charge in [0.15, 0.2) is 0 Å². The molecule has 0 unspecified atom stereocenters. The number of nitrogens with two attached hydrogens (primary N) is 1. The second kappa shape index (κ2) is 12.3. The van der Waals surface area contributed by atoms with Gasteiger partial charge in [0.05, 0.1) is 17.6 Å². The summed E-state index contributed by atoms with van der Waals surface area (Å²) in [5, 5.41) is 9.90. The van der Waals surface area contributed by atoms with Crippen LogP contribution in [0.5, 0.6) is 0 Å². The molecule has 2 heterocycles. The molecule has 214 valence electrons. The van der Waals surface area contributed by atoms with E-state index in [4.69, 9.17) is 16.1 Å². The molecule has 0 aliphatic rings. The lowest BCUT2D eigenvalue weighted by molar-refractivity contribution is -0.118. The van der Waals surface area contributed by atoms with E-state index in [1.54, 1.807) is 6.20 Å². The number of hydrogen-bond acceptors (Lipinski definition) is 4. The van der Waals surface area contributed by atoms with Crippen molar-refractivity contribution in [3.8, 4) is 0 Å². The first-order valence-electron chi connectivity index (χ1n) is 14.5. The lowest BCUT2D eigenvalue weighted by Crippen LogP contribution is -2.30. The summed E-state index contributed by atoms with van der Waals surface area (Å²) in [6, 6.07) is 34.3. The number of fused-ring (bicyclic) bond motifs is 2. The Morgan fingerprint density at radius 1 is 0.884 bits per heavy atom. The van der Waals surface area contributed by atoms with Crippen LogP contribution in [0, 0.1) is 5.41 Å². The number of anilines is 1. The lowest BCUT2D eigenvalue weighted by Gasteiger charge is -2.24. The van der Waals surface area contributed by atoms with E-state index in [9.17, 15) is 4.79 Å². The molecular weight excluding hydrogens is 532 g/mol. The highest BCUT2D eigenvalue weighted by atomic mass is 16.2. The highest BCUT2D eigenvalue weighted by Gasteiger charge is 2.19. The molecule has 0 bridgehead atoms. The average molecular weight is 567 g/mol. The summed E-state index contributed by atoms with van der Waals surface area (Å²) in [4.78, 5) is 25.1. The van der Waals surface area contributed by atoms with Crippen LogP contribution in [0.15, 0.2) is 109 Å². The molecule has 0 radical (unpaired) electrons. The van der Waals surface area contributed by atoms with Crippen molar-refractivity contribution in [3.05, 3.63) is 138 Å². The van der Waals surface area contributed by atoms with Crippen molar-refractivity contribution in [2.75, 3.05) is 4.90 Å².